The van der Waals surface area contributed by atoms with Gasteiger partial charge in [0.2, 0.25) is 0 Å². The molecule has 1 aromatic heterocycles. The standard InChI is InChI=1S/C13H13FN2O3/c1-8(2)16-7-10(6-15-16)19-12-4-3-9(13(17)18)5-11(12)14/h3-8H,1-2H3,(H,17,18). The van der Waals surface area contributed by atoms with E-state index in [4.69, 9.17) is 9.84 Å². The number of carboxylic acids is 1. The molecule has 19 heavy (non-hydrogen) atoms. The number of aromatic nitrogens is 2. The highest BCUT2D eigenvalue weighted by atomic mass is 19.1. The largest absolute Gasteiger partial charge is 0.478 e. The molecule has 0 aliphatic heterocycles. The average Bonchev–Trinajstić information content (AvgIpc) is 2.80. The number of carbonyl (C=O) groups is 1. The molecule has 0 amide bonds. The molecular weight excluding hydrogens is 251 g/mol. The number of hydrogen-bond donors (Lipinski definition) is 1. The van der Waals surface area contributed by atoms with Crippen molar-refractivity contribution in [3.63, 3.8) is 0 Å². The van der Waals surface area contributed by atoms with Crippen molar-refractivity contribution >= 4 is 5.97 Å². The van der Waals surface area contributed by atoms with E-state index in [1.165, 1.54) is 18.3 Å². The van der Waals surface area contributed by atoms with Crippen LogP contribution in [-0.4, -0.2) is 20.9 Å². The lowest BCUT2D eigenvalue weighted by Gasteiger charge is -2.05. The summed E-state index contributed by atoms with van der Waals surface area (Å²) in [6.07, 6.45) is 3.12. The lowest BCUT2D eigenvalue weighted by molar-refractivity contribution is 0.0696. The first-order chi connectivity index (χ1) is 8.97. The minimum absolute atomic E-state index is 0.0340. The summed E-state index contributed by atoms with van der Waals surface area (Å²) in [6.45, 7) is 3.91. The maximum Gasteiger partial charge on any atom is 0.335 e. The van der Waals surface area contributed by atoms with Gasteiger partial charge in [-0.15, -0.1) is 0 Å². The summed E-state index contributed by atoms with van der Waals surface area (Å²) < 4.78 is 20.6. The fraction of sp³-hybridized carbons (Fsp3) is 0.231. The molecule has 1 aromatic carbocycles. The van der Waals surface area contributed by atoms with Crippen LogP contribution in [0.15, 0.2) is 30.6 Å². The van der Waals surface area contributed by atoms with Crippen molar-refractivity contribution < 1.29 is 19.0 Å². The van der Waals surface area contributed by atoms with Gasteiger partial charge in [0.25, 0.3) is 0 Å². The van der Waals surface area contributed by atoms with Crippen molar-refractivity contribution in [2.45, 2.75) is 19.9 Å². The number of carboxylic acid groups (broad SMARTS) is 1. The molecule has 0 spiro atoms. The second-order valence-corrected chi connectivity index (χ2v) is 4.30. The number of halogens is 1. The Morgan fingerprint density at radius 1 is 1.47 bits per heavy atom. The van der Waals surface area contributed by atoms with Crippen LogP contribution < -0.4 is 4.74 Å². The van der Waals surface area contributed by atoms with E-state index in [1.54, 1.807) is 10.9 Å². The first-order valence-corrected chi connectivity index (χ1v) is 5.72. The van der Waals surface area contributed by atoms with E-state index in [-0.39, 0.29) is 17.4 Å². The SMILES string of the molecule is CC(C)n1cc(Oc2ccc(C(=O)O)cc2F)cn1. The topological polar surface area (TPSA) is 64.3 Å². The molecule has 2 rings (SSSR count). The second kappa shape index (κ2) is 5.09. The predicted molar refractivity (Wildman–Crippen MR) is 66.0 cm³/mol. The molecule has 6 heteroatoms. The number of aromatic carboxylic acids is 1. The molecule has 0 saturated carbocycles. The lowest BCUT2D eigenvalue weighted by Crippen LogP contribution is -2.00. The average molecular weight is 264 g/mol. The van der Waals surface area contributed by atoms with Crippen LogP contribution in [0.5, 0.6) is 11.5 Å². The smallest absolute Gasteiger partial charge is 0.335 e. The molecule has 1 heterocycles. The summed E-state index contributed by atoms with van der Waals surface area (Å²) in [5, 5.41) is 12.8. The summed E-state index contributed by atoms with van der Waals surface area (Å²) >= 11 is 0. The number of benzene rings is 1. The Morgan fingerprint density at radius 2 is 2.21 bits per heavy atom. The first-order valence-electron chi connectivity index (χ1n) is 5.72. The van der Waals surface area contributed by atoms with Crippen LogP contribution in [0.2, 0.25) is 0 Å². The summed E-state index contributed by atoms with van der Waals surface area (Å²) in [7, 11) is 0. The molecule has 1 N–H and O–H groups in total. The highest BCUT2D eigenvalue weighted by Gasteiger charge is 2.11. The Balaban J connectivity index is 2.20. The van der Waals surface area contributed by atoms with Gasteiger partial charge in [0.05, 0.1) is 18.0 Å². The van der Waals surface area contributed by atoms with E-state index < -0.39 is 11.8 Å². The Labute approximate surface area is 109 Å². The summed E-state index contributed by atoms with van der Waals surface area (Å²) in [5.74, 6) is -1.54. The van der Waals surface area contributed by atoms with Crippen LogP contribution in [0.3, 0.4) is 0 Å². The first kappa shape index (κ1) is 13.1. The van der Waals surface area contributed by atoms with Gasteiger partial charge >= 0.3 is 5.97 Å². The third kappa shape index (κ3) is 2.90. The van der Waals surface area contributed by atoms with Gasteiger partial charge in [-0.25, -0.2) is 9.18 Å². The molecule has 0 unspecified atom stereocenters. The minimum Gasteiger partial charge on any atom is -0.478 e. The quantitative estimate of drug-likeness (QED) is 0.921. The van der Waals surface area contributed by atoms with Gasteiger partial charge < -0.3 is 9.84 Å². The van der Waals surface area contributed by atoms with Crippen LogP contribution in [0.1, 0.15) is 30.2 Å². The highest BCUT2D eigenvalue weighted by Crippen LogP contribution is 2.25. The molecule has 2 aromatic rings. The van der Waals surface area contributed by atoms with Gasteiger partial charge in [-0.3, -0.25) is 4.68 Å². The van der Waals surface area contributed by atoms with Gasteiger partial charge in [-0.05, 0) is 32.0 Å². The van der Waals surface area contributed by atoms with Crippen LogP contribution >= 0.6 is 0 Å². The van der Waals surface area contributed by atoms with Crippen molar-refractivity contribution in [1.29, 1.82) is 0 Å². The van der Waals surface area contributed by atoms with E-state index in [0.29, 0.717) is 5.75 Å². The van der Waals surface area contributed by atoms with E-state index in [2.05, 4.69) is 5.10 Å². The highest BCUT2D eigenvalue weighted by molar-refractivity contribution is 5.87. The Kier molecular flexibility index (Phi) is 3.50. The molecule has 5 nitrogen and oxygen atoms in total. The summed E-state index contributed by atoms with van der Waals surface area (Å²) in [5.41, 5.74) is -0.122. The zero-order valence-electron chi connectivity index (χ0n) is 10.5. The predicted octanol–water partition coefficient (Wildman–Crippen LogP) is 3.09. The fourth-order valence-electron chi connectivity index (χ4n) is 1.50. The number of hydrogen-bond acceptors (Lipinski definition) is 3. The van der Waals surface area contributed by atoms with Crippen LogP contribution in [0.25, 0.3) is 0 Å². The molecule has 100 valence electrons. The van der Waals surface area contributed by atoms with Crippen molar-refractivity contribution in [3.05, 3.63) is 42.0 Å². The Morgan fingerprint density at radius 3 is 2.74 bits per heavy atom. The van der Waals surface area contributed by atoms with Crippen LogP contribution in [-0.2, 0) is 0 Å². The second-order valence-electron chi connectivity index (χ2n) is 4.30. The Bertz CT molecular complexity index is 608. The van der Waals surface area contributed by atoms with Crippen molar-refractivity contribution in [1.82, 2.24) is 9.78 Å². The third-order valence-corrected chi connectivity index (χ3v) is 2.51. The minimum atomic E-state index is -1.18. The molecule has 0 aliphatic rings. The number of rotatable bonds is 4. The van der Waals surface area contributed by atoms with Gasteiger partial charge in [0.1, 0.15) is 0 Å². The molecule has 0 radical (unpaired) electrons. The van der Waals surface area contributed by atoms with E-state index in [1.807, 2.05) is 13.8 Å². The van der Waals surface area contributed by atoms with Crippen LogP contribution in [0.4, 0.5) is 4.39 Å². The monoisotopic (exact) mass is 264 g/mol. The zero-order chi connectivity index (χ0) is 14.0. The van der Waals surface area contributed by atoms with E-state index in [0.717, 1.165) is 6.07 Å². The third-order valence-electron chi connectivity index (χ3n) is 2.51. The summed E-state index contributed by atoms with van der Waals surface area (Å²) in [4.78, 5) is 10.7. The van der Waals surface area contributed by atoms with Gasteiger partial charge in [0, 0.05) is 6.04 Å². The fourth-order valence-corrected chi connectivity index (χ4v) is 1.50. The normalized spacial score (nSPS) is 10.7. The van der Waals surface area contributed by atoms with Crippen LogP contribution in [0, 0.1) is 5.82 Å². The van der Waals surface area contributed by atoms with Crippen molar-refractivity contribution in [3.8, 4) is 11.5 Å². The lowest BCUT2D eigenvalue weighted by atomic mass is 10.2. The molecule has 0 aliphatic carbocycles. The maximum atomic E-state index is 13.6. The summed E-state index contributed by atoms with van der Waals surface area (Å²) in [6, 6.07) is 3.67. The number of ether oxygens (including phenoxy) is 1. The van der Waals surface area contributed by atoms with Gasteiger partial charge in [-0.2, -0.15) is 5.10 Å². The zero-order valence-corrected chi connectivity index (χ0v) is 10.5. The van der Waals surface area contributed by atoms with Crippen molar-refractivity contribution in [2.75, 3.05) is 0 Å². The van der Waals surface area contributed by atoms with E-state index in [9.17, 15) is 9.18 Å². The molecule has 0 atom stereocenters. The molecular formula is C13H13FN2O3. The van der Waals surface area contributed by atoms with Gasteiger partial charge in [0.15, 0.2) is 17.3 Å². The molecule has 0 bridgehead atoms. The van der Waals surface area contributed by atoms with E-state index >= 15 is 0 Å². The van der Waals surface area contributed by atoms with Gasteiger partial charge in [-0.1, -0.05) is 0 Å². The Hall–Kier alpha value is -2.37. The molecule has 0 saturated heterocycles. The molecule has 0 fully saturated rings. The number of nitrogens with zero attached hydrogens (tertiary/aromatic N) is 2. The van der Waals surface area contributed by atoms with Crippen molar-refractivity contribution in [2.24, 2.45) is 0 Å². The maximum absolute atomic E-state index is 13.6.